The van der Waals surface area contributed by atoms with E-state index in [9.17, 15) is 9.59 Å². The van der Waals surface area contributed by atoms with Crippen molar-refractivity contribution in [2.24, 2.45) is 5.92 Å². The van der Waals surface area contributed by atoms with E-state index in [4.69, 9.17) is 10.00 Å². The molecule has 0 aliphatic carbocycles. The van der Waals surface area contributed by atoms with Gasteiger partial charge in [-0.3, -0.25) is 9.59 Å². The monoisotopic (exact) mass is 315 g/mol. The largest absolute Gasteiger partial charge is 0.496 e. The summed E-state index contributed by atoms with van der Waals surface area (Å²) >= 11 is 1.25. The zero-order valence-corrected chi connectivity index (χ0v) is 12.8. The van der Waals surface area contributed by atoms with Crippen LogP contribution in [-0.2, 0) is 4.79 Å². The average molecular weight is 315 g/mol. The van der Waals surface area contributed by atoms with Crippen molar-refractivity contribution in [2.75, 3.05) is 14.2 Å². The number of nitrogens with one attached hydrogen (secondary N) is 1. The van der Waals surface area contributed by atoms with Gasteiger partial charge in [-0.25, -0.2) is 4.98 Å². The van der Waals surface area contributed by atoms with Crippen LogP contribution in [0.25, 0.3) is 10.6 Å². The lowest BCUT2D eigenvalue weighted by Gasteiger charge is -2.05. The van der Waals surface area contributed by atoms with Crippen LogP contribution in [0.3, 0.4) is 0 Å². The lowest BCUT2D eigenvalue weighted by atomic mass is 10.0. The van der Waals surface area contributed by atoms with Gasteiger partial charge in [0.25, 0.3) is 0 Å². The summed E-state index contributed by atoms with van der Waals surface area (Å²) in [4.78, 5) is 28.0. The molecule has 22 heavy (non-hydrogen) atoms. The molecule has 0 spiro atoms. The third kappa shape index (κ3) is 2.97. The molecule has 0 radical (unpaired) electrons. The molecule has 0 saturated carbocycles. The highest BCUT2D eigenvalue weighted by molar-refractivity contribution is 7.13. The molecule has 1 aromatic carbocycles. The molecule has 0 bridgehead atoms. The molecule has 112 valence electrons. The lowest BCUT2D eigenvalue weighted by Crippen LogP contribution is -2.32. The molecule has 6 nitrogen and oxygen atoms in total. The first kappa shape index (κ1) is 15.7. The quantitative estimate of drug-likeness (QED) is 0.672. The van der Waals surface area contributed by atoms with Crippen molar-refractivity contribution in [2.45, 2.75) is 0 Å². The van der Waals surface area contributed by atoms with E-state index in [-0.39, 0.29) is 5.69 Å². The van der Waals surface area contributed by atoms with Crippen LogP contribution in [-0.4, -0.2) is 30.8 Å². The van der Waals surface area contributed by atoms with Gasteiger partial charge in [-0.1, -0.05) is 12.1 Å². The fraction of sp³-hybridized carbons (Fsp3) is 0.200. The zero-order valence-electron chi connectivity index (χ0n) is 12.0. The Balaban J connectivity index is 2.34. The number of para-hydroxylation sites is 1. The number of carbonyl (C=O) groups is 2. The first-order chi connectivity index (χ1) is 10.6. The second-order valence-corrected chi connectivity index (χ2v) is 5.14. The number of benzene rings is 1. The predicted octanol–water partition coefficient (Wildman–Crippen LogP) is 1.89. The maximum Gasteiger partial charge on any atom is 0.245 e. The van der Waals surface area contributed by atoms with Crippen LogP contribution in [0.4, 0.5) is 0 Å². The molecule has 1 N–H and O–H groups in total. The van der Waals surface area contributed by atoms with Crippen molar-refractivity contribution in [3.05, 3.63) is 35.3 Å². The number of methoxy groups -OCH3 is 1. The van der Waals surface area contributed by atoms with Crippen LogP contribution < -0.4 is 10.1 Å². The molecule has 1 heterocycles. The van der Waals surface area contributed by atoms with Crippen LogP contribution in [0, 0.1) is 17.2 Å². The van der Waals surface area contributed by atoms with E-state index in [2.05, 4.69) is 10.3 Å². The van der Waals surface area contributed by atoms with E-state index >= 15 is 0 Å². The van der Waals surface area contributed by atoms with Gasteiger partial charge in [0.05, 0.1) is 18.7 Å². The van der Waals surface area contributed by atoms with Crippen molar-refractivity contribution in [1.82, 2.24) is 10.3 Å². The number of hydrogen-bond donors (Lipinski definition) is 1. The van der Waals surface area contributed by atoms with E-state index in [0.717, 1.165) is 5.56 Å². The van der Waals surface area contributed by atoms with Gasteiger partial charge in [0.1, 0.15) is 16.5 Å². The van der Waals surface area contributed by atoms with E-state index in [1.54, 1.807) is 19.2 Å². The lowest BCUT2D eigenvalue weighted by molar-refractivity contribution is -0.121. The smallest absolute Gasteiger partial charge is 0.245 e. The summed E-state index contributed by atoms with van der Waals surface area (Å²) in [7, 11) is 2.93. The van der Waals surface area contributed by atoms with Gasteiger partial charge < -0.3 is 10.1 Å². The number of thiazole rings is 1. The molecular weight excluding hydrogens is 302 g/mol. The Morgan fingerprint density at radius 3 is 2.77 bits per heavy atom. The molecule has 2 rings (SSSR count). The Kier molecular flexibility index (Phi) is 4.86. The first-order valence-electron chi connectivity index (χ1n) is 6.36. The Morgan fingerprint density at radius 2 is 2.14 bits per heavy atom. The molecule has 1 atom stereocenters. The molecular formula is C15H13N3O3S. The topological polar surface area (TPSA) is 92.1 Å². The minimum Gasteiger partial charge on any atom is -0.496 e. The average Bonchev–Trinajstić information content (AvgIpc) is 3.04. The van der Waals surface area contributed by atoms with E-state index < -0.39 is 17.6 Å². The summed E-state index contributed by atoms with van der Waals surface area (Å²) in [5.74, 6) is -2.00. The van der Waals surface area contributed by atoms with Crippen molar-refractivity contribution < 1.29 is 14.3 Å². The summed E-state index contributed by atoms with van der Waals surface area (Å²) in [5.41, 5.74) is 0.851. The predicted molar refractivity (Wildman–Crippen MR) is 81.6 cm³/mol. The number of ketones is 1. The van der Waals surface area contributed by atoms with Crippen LogP contribution in [0.1, 0.15) is 10.5 Å². The molecule has 2 aromatic rings. The van der Waals surface area contributed by atoms with Gasteiger partial charge in [-0.05, 0) is 12.1 Å². The van der Waals surface area contributed by atoms with E-state index in [1.807, 2.05) is 18.2 Å². The second kappa shape index (κ2) is 6.83. The van der Waals surface area contributed by atoms with Gasteiger partial charge in [0.2, 0.25) is 11.7 Å². The SMILES string of the molecule is CNC(=O)[C@@H](C#N)C(=O)c1csc(-c2ccccc2OC)n1. The Morgan fingerprint density at radius 1 is 1.41 bits per heavy atom. The third-order valence-electron chi connectivity index (χ3n) is 2.99. The zero-order chi connectivity index (χ0) is 16.1. The summed E-state index contributed by atoms with van der Waals surface area (Å²) in [5, 5.41) is 13.4. The molecule has 0 aliphatic heterocycles. The molecule has 0 fully saturated rings. The standard InChI is InChI=1S/C15H13N3O3S/c1-17-14(20)10(7-16)13(19)11-8-22-15(18-11)9-5-3-4-6-12(9)21-2/h3-6,8,10H,1-2H3,(H,17,20)/t10-/m0/s1. The van der Waals surface area contributed by atoms with Crippen molar-refractivity contribution in [3.63, 3.8) is 0 Å². The van der Waals surface area contributed by atoms with Crippen LogP contribution in [0.15, 0.2) is 29.6 Å². The van der Waals surface area contributed by atoms with Crippen LogP contribution in [0.5, 0.6) is 5.75 Å². The van der Waals surface area contributed by atoms with E-state index in [0.29, 0.717) is 10.8 Å². The maximum absolute atomic E-state index is 12.2. The number of amides is 1. The Bertz CT molecular complexity index is 748. The number of ether oxygens (including phenoxy) is 1. The summed E-state index contributed by atoms with van der Waals surface area (Å²) in [6.07, 6.45) is 0. The molecule has 0 aliphatic rings. The third-order valence-corrected chi connectivity index (χ3v) is 3.87. The second-order valence-electron chi connectivity index (χ2n) is 4.28. The van der Waals surface area contributed by atoms with Crippen molar-refractivity contribution in [3.8, 4) is 22.4 Å². The minimum atomic E-state index is -1.39. The number of carbonyl (C=O) groups excluding carboxylic acids is 2. The number of aromatic nitrogens is 1. The van der Waals surface area contributed by atoms with Crippen molar-refractivity contribution >= 4 is 23.0 Å². The van der Waals surface area contributed by atoms with Crippen LogP contribution >= 0.6 is 11.3 Å². The number of nitriles is 1. The minimum absolute atomic E-state index is 0.0982. The molecule has 7 heteroatoms. The summed E-state index contributed by atoms with van der Waals surface area (Å²) < 4.78 is 5.26. The normalized spacial score (nSPS) is 11.3. The number of rotatable bonds is 5. The van der Waals surface area contributed by atoms with Crippen LogP contribution in [0.2, 0.25) is 0 Å². The summed E-state index contributed by atoms with van der Waals surface area (Å²) in [6.45, 7) is 0. The number of hydrogen-bond acceptors (Lipinski definition) is 6. The van der Waals surface area contributed by atoms with Gasteiger partial charge in [0.15, 0.2) is 5.92 Å². The van der Waals surface area contributed by atoms with Gasteiger partial charge >= 0.3 is 0 Å². The van der Waals surface area contributed by atoms with E-state index in [1.165, 1.54) is 23.8 Å². The van der Waals surface area contributed by atoms with Gasteiger partial charge in [-0.15, -0.1) is 11.3 Å². The highest BCUT2D eigenvalue weighted by atomic mass is 32.1. The molecule has 0 unspecified atom stereocenters. The summed E-state index contributed by atoms with van der Waals surface area (Å²) in [6, 6.07) is 8.99. The van der Waals surface area contributed by atoms with Crippen molar-refractivity contribution in [1.29, 1.82) is 5.26 Å². The molecule has 0 saturated heterocycles. The fourth-order valence-electron chi connectivity index (χ4n) is 1.86. The number of nitrogens with zero attached hydrogens (tertiary/aromatic N) is 2. The fourth-order valence-corrected chi connectivity index (χ4v) is 2.70. The highest BCUT2D eigenvalue weighted by Crippen LogP contribution is 2.32. The Hall–Kier alpha value is -2.72. The Labute approximate surface area is 131 Å². The number of Topliss-reactive ketones (excluding diaryl/α,β-unsaturated/α-hetero) is 1. The highest BCUT2D eigenvalue weighted by Gasteiger charge is 2.28. The first-order valence-corrected chi connectivity index (χ1v) is 7.24. The van der Waals surface area contributed by atoms with Gasteiger partial charge in [0, 0.05) is 12.4 Å². The molecule has 1 aromatic heterocycles. The maximum atomic E-state index is 12.2. The molecule has 1 amide bonds. The van der Waals surface area contributed by atoms with Gasteiger partial charge in [-0.2, -0.15) is 5.26 Å².